The van der Waals surface area contributed by atoms with Crippen LogP contribution >= 0.6 is 0 Å². The maximum Gasteiger partial charge on any atom is 0.142 e. The van der Waals surface area contributed by atoms with Crippen molar-refractivity contribution >= 4 is 5.69 Å². The van der Waals surface area contributed by atoms with Crippen LogP contribution in [0.25, 0.3) is 0 Å². The van der Waals surface area contributed by atoms with E-state index >= 15 is 0 Å². The van der Waals surface area contributed by atoms with Crippen molar-refractivity contribution < 1.29 is 4.74 Å². The summed E-state index contributed by atoms with van der Waals surface area (Å²) in [6.07, 6.45) is 6.97. The van der Waals surface area contributed by atoms with Gasteiger partial charge in [0.15, 0.2) is 0 Å². The van der Waals surface area contributed by atoms with Gasteiger partial charge in [-0.05, 0) is 31.0 Å². The molecule has 1 aromatic rings. The molecule has 118 valence electrons. The number of anilines is 1. The average molecular weight is 290 g/mol. The molecule has 2 N–H and O–H groups in total. The van der Waals surface area contributed by atoms with Gasteiger partial charge >= 0.3 is 0 Å². The maximum absolute atomic E-state index is 5.98. The summed E-state index contributed by atoms with van der Waals surface area (Å²) in [5.74, 6) is 1.83. The van der Waals surface area contributed by atoms with Gasteiger partial charge in [-0.15, -0.1) is 0 Å². The Bertz CT molecular complexity index is 406. The molecule has 1 heterocycles. The van der Waals surface area contributed by atoms with Crippen LogP contribution in [0.3, 0.4) is 0 Å². The van der Waals surface area contributed by atoms with E-state index in [9.17, 15) is 0 Å². The van der Waals surface area contributed by atoms with Crippen LogP contribution in [0.5, 0.6) is 5.75 Å². The Hall–Kier alpha value is -1.22. The quantitative estimate of drug-likeness (QED) is 0.673. The van der Waals surface area contributed by atoms with Crippen molar-refractivity contribution in [1.82, 2.24) is 5.32 Å². The van der Waals surface area contributed by atoms with Crippen molar-refractivity contribution in [3.63, 3.8) is 0 Å². The normalized spacial score (nSPS) is 17.2. The summed E-state index contributed by atoms with van der Waals surface area (Å²) >= 11 is 0. The van der Waals surface area contributed by atoms with E-state index in [2.05, 4.69) is 30.5 Å². The molecule has 0 saturated carbocycles. The van der Waals surface area contributed by atoms with Gasteiger partial charge in [0.1, 0.15) is 11.9 Å². The summed E-state index contributed by atoms with van der Waals surface area (Å²) in [6, 6.07) is 8.15. The summed E-state index contributed by atoms with van der Waals surface area (Å²) < 4.78 is 5.98. The standard InChI is InChI=1S/C18H30N2O/c1-15(2)9-5-3-4-8-12-19-13-16-14-20-17-10-6-7-11-18(17)21-16/h6-7,10-11,15-16,19-20H,3-5,8-9,12-14H2,1-2H3. The first kappa shape index (κ1) is 16.2. The van der Waals surface area contributed by atoms with Gasteiger partial charge in [0.2, 0.25) is 0 Å². The molecule has 0 fully saturated rings. The van der Waals surface area contributed by atoms with Crippen molar-refractivity contribution in [2.24, 2.45) is 5.92 Å². The maximum atomic E-state index is 5.98. The highest BCUT2D eigenvalue weighted by atomic mass is 16.5. The molecule has 1 atom stereocenters. The summed E-state index contributed by atoms with van der Waals surface area (Å²) in [5, 5.41) is 6.95. The summed E-state index contributed by atoms with van der Waals surface area (Å²) in [4.78, 5) is 0. The lowest BCUT2D eigenvalue weighted by molar-refractivity contribution is 0.202. The van der Waals surface area contributed by atoms with E-state index in [0.717, 1.165) is 37.0 Å². The third-order valence-corrected chi connectivity index (χ3v) is 3.96. The van der Waals surface area contributed by atoms with Crippen LogP contribution < -0.4 is 15.4 Å². The average Bonchev–Trinajstić information content (AvgIpc) is 2.49. The fraction of sp³-hybridized carbons (Fsp3) is 0.667. The fourth-order valence-corrected chi connectivity index (χ4v) is 2.69. The number of nitrogens with one attached hydrogen (secondary N) is 2. The second-order valence-corrected chi connectivity index (χ2v) is 6.42. The van der Waals surface area contributed by atoms with E-state index in [1.807, 2.05) is 18.2 Å². The van der Waals surface area contributed by atoms with Crippen LogP contribution in [0.2, 0.25) is 0 Å². The van der Waals surface area contributed by atoms with Crippen LogP contribution in [0.15, 0.2) is 24.3 Å². The Morgan fingerprint density at radius 1 is 1.19 bits per heavy atom. The molecule has 3 heteroatoms. The van der Waals surface area contributed by atoms with Crippen molar-refractivity contribution in [2.75, 3.05) is 25.0 Å². The number of fused-ring (bicyclic) bond motifs is 1. The number of hydrogen-bond acceptors (Lipinski definition) is 3. The van der Waals surface area contributed by atoms with E-state index in [1.165, 1.54) is 32.1 Å². The molecule has 0 aromatic heterocycles. The number of benzene rings is 1. The molecule has 0 amide bonds. The Kier molecular flexibility index (Phi) is 6.87. The third-order valence-electron chi connectivity index (χ3n) is 3.96. The van der Waals surface area contributed by atoms with Gasteiger partial charge < -0.3 is 15.4 Å². The third kappa shape index (κ3) is 5.96. The Morgan fingerprint density at radius 3 is 2.86 bits per heavy atom. The minimum Gasteiger partial charge on any atom is -0.485 e. The molecule has 1 aliphatic rings. The van der Waals surface area contributed by atoms with Crippen LogP contribution in [0, 0.1) is 5.92 Å². The van der Waals surface area contributed by atoms with Crippen LogP contribution in [-0.2, 0) is 0 Å². The van der Waals surface area contributed by atoms with E-state index in [0.29, 0.717) is 0 Å². The minimum atomic E-state index is 0.237. The van der Waals surface area contributed by atoms with Gasteiger partial charge in [-0.1, -0.05) is 51.7 Å². The molecule has 0 saturated heterocycles. The summed E-state index contributed by atoms with van der Waals surface area (Å²) in [6.45, 7) is 7.52. The molecule has 0 bridgehead atoms. The highest BCUT2D eigenvalue weighted by Gasteiger charge is 2.17. The number of hydrogen-bond donors (Lipinski definition) is 2. The van der Waals surface area contributed by atoms with E-state index in [4.69, 9.17) is 4.74 Å². The van der Waals surface area contributed by atoms with Crippen molar-refractivity contribution in [1.29, 1.82) is 0 Å². The van der Waals surface area contributed by atoms with E-state index in [1.54, 1.807) is 0 Å². The molecule has 1 aromatic carbocycles. The zero-order chi connectivity index (χ0) is 14.9. The number of ether oxygens (including phenoxy) is 1. The molecule has 3 nitrogen and oxygen atoms in total. The lowest BCUT2D eigenvalue weighted by atomic mass is 10.0. The van der Waals surface area contributed by atoms with Gasteiger partial charge in [-0.3, -0.25) is 0 Å². The highest BCUT2D eigenvalue weighted by Crippen LogP contribution is 2.27. The highest BCUT2D eigenvalue weighted by molar-refractivity contribution is 5.57. The summed E-state index contributed by atoms with van der Waals surface area (Å²) in [5.41, 5.74) is 1.11. The molecular weight excluding hydrogens is 260 g/mol. The van der Waals surface area contributed by atoms with Gasteiger partial charge in [0.25, 0.3) is 0 Å². The summed E-state index contributed by atoms with van der Waals surface area (Å²) in [7, 11) is 0. The first-order valence-electron chi connectivity index (χ1n) is 8.46. The Morgan fingerprint density at radius 2 is 2.00 bits per heavy atom. The molecule has 1 unspecified atom stereocenters. The monoisotopic (exact) mass is 290 g/mol. The Balaban J connectivity index is 1.50. The smallest absolute Gasteiger partial charge is 0.142 e. The molecule has 0 radical (unpaired) electrons. The molecule has 2 rings (SSSR count). The van der Waals surface area contributed by atoms with Crippen LogP contribution in [0.4, 0.5) is 5.69 Å². The van der Waals surface area contributed by atoms with Gasteiger partial charge in [-0.2, -0.15) is 0 Å². The predicted octanol–water partition coefficient (Wildman–Crippen LogP) is 4.06. The molecular formula is C18H30N2O. The van der Waals surface area contributed by atoms with E-state index in [-0.39, 0.29) is 6.10 Å². The van der Waals surface area contributed by atoms with Crippen molar-refractivity contribution in [3.05, 3.63) is 24.3 Å². The minimum absolute atomic E-state index is 0.237. The fourth-order valence-electron chi connectivity index (χ4n) is 2.69. The van der Waals surface area contributed by atoms with Crippen LogP contribution in [-0.4, -0.2) is 25.7 Å². The van der Waals surface area contributed by atoms with Crippen LogP contribution in [0.1, 0.15) is 46.0 Å². The molecule has 0 aliphatic carbocycles. The number of unbranched alkanes of at least 4 members (excludes halogenated alkanes) is 3. The zero-order valence-corrected chi connectivity index (χ0v) is 13.5. The van der Waals surface area contributed by atoms with Crippen molar-refractivity contribution in [3.8, 4) is 5.75 Å². The second kappa shape index (κ2) is 8.93. The van der Waals surface area contributed by atoms with Gasteiger partial charge in [-0.25, -0.2) is 0 Å². The van der Waals surface area contributed by atoms with E-state index < -0.39 is 0 Å². The van der Waals surface area contributed by atoms with Gasteiger partial charge in [0, 0.05) is 6.54 Å². The largest absolute Gasteiger partial charge is 0.485 e. The predicted molar refractivity (Wildman–Crippen MR) is 90.1 cm³/mol. The SMILES string of the molecule is CC(C)CCCCCCNCC1CNc2ccccc2O1. The number of para-hydroxylation sites is 2. The second-order valence-electron chi connectivity index (χ2n) is 6.42. The first-order valence-corrected chi connectivity index (χ1v) is 8.46. The lowest BCUT2D eigenvalue weighted by Gasteiger charge is -2.27. The number of rotatable bonds is 9. The topological polar surface area (TPSA) is 33.3 Å². The van der Waals surface area contributed by atoms with Crippen molar-refractivity contribution in [2.45, 2.75) is 52.1 Å². The lowest BCUT2D eigenvalue weighted by Crippen LogP contribution is -2.39. The van der Waals surface area contributed by atoms with Gasteiger partial charge in [0.05, 0.1) is 12.2 Å². The first-order chi connectivity index (χ1) is 10.3. The molecule has 0 spiro atoms. The zero-order valence-electron chi connectivity index (χ0n) is 13.5. The Labute approximate surface area is 129 Å². The molecule has 21 heavy (non-hydrogen) atoms. The molecule has 1 aliphatic heterocycles.